The molecular weight excluding hydrogens is 178 g/mol. The second-order valence-corrected chi connectivity index (χ2v) is 4.05. The molecule has 1 aromatic rings. The number of nitrogens with zero attached hydrogens (tertiary/aromatic N) is 4. The van der Waals surface area contributed by atoms with Gasteiger partial charge in [-0.3, -0.25) is 0 Å². The number of fused-ring (bicyclic) bond motifs is 2. The number of tetrazole rings is 1. The highest BCUT2D eigenvalue weighted by atomic mass is 15.6. The Hall–Kier alpha value is -1.23. The summed E-state index contributed by atoms with van der Waals surface area (Å²) >= 11 is 0. The molecule has 0 aliphatic carbocycles. The van der Waals surface area contributed by atoms with Crippen molar-refractivity contribution in [2.75, 3.05) is 0 Å². The van der Waals surface area contributed by atoms with E-state index in [0.717, 1.165) is 12.2 Å². The van der Waals surface area contributed by atoms with E-state index in [1.165, 1.54) is 23.2 Å². The van der Waals surface area contributed by atoms with Gasteiger partial charge in [0.25, 0.3) is 0 Å². The van der Waals surface area contributed by atoms with Crippen LogP contribution >= 0.6 is 0 Å². The molecule has 0 radical (unpaired) electrons. The smallest absolute Gasteiger partial charge is 0.200 e. The van der Waals surface area contributed by atoms with Crippen molar-refractivity contribution >= 4 is 5.57 Å². The van der Waals surface area contributed by atoms with Crippen molar-refractivity contribution in [2.24, 2.45) is 7.05 Å². The van der Waals surface area contributed by atoms with Crippen LogP contribution in [0.25, 0.3) is 5.57 Å². The number of hydrogen-bond acceptors (Lipinski definition) is 4. The zero-order valence-electron chi connectivity index (χ0n) is 8.14. The molecule has 0 spiro atoms. The Bertz CT molecular complexity index is 380. The van der Waals surface area contributed by atoms with Crippen molar-refractivity contribution in [1.82, 2.24) is 25.5 Å². The van der Waals surface area contributed by atoms with Crippen LogP contribution < -0.4 is 5.32 Å². The molecule has 1 saturated heterocycles. The molecule has 5 nitrogen and oxygen atoms in total. The fourth-order valence-corrected chi connectivity index (χ4v) is 2.30. The summed E-state index contributed by atoms with van der Waals surface area (Å²) in [5.74, 6) is 0.797. The highest BCUT2D eigenvalue weighted by Crippen LogP contribution is 2.29. The van der Waals surface area contributed by atoms with Gasteiger partial charge in [0.1, 0.15) is 0 Å². The molecule has 2 aliphatic heterocycles. The van der Waals surface area contributed by atoms with E-state index in [2.05, 4.69) is 26.8 Å². The molecule has 2 atom stereocenters. The monoisotopic (exact) mass is 191 g/mol. The van der Waals surface area contributed by atoms with Crippen molar-refractivity contribution in [3.8, 4) is 0 Å². The van der Waals surface area contributed by atoms with Gasteiger partial charge in [0.05, 0.1) is 7.05 Å². The summed E-state index contributed by atoms with van der Waals surface area (Å²) in [4.78, 5) is 1.51. The molecular formula is C9H13N5. The Morgan fingerprint density at radius 1 is 1.50 bits per heavy atom. The van der Waals surface area contributed by atoms with Gasteiger partial charge in [0, 0.05) is 12.1 Å². The van der Waals surface area contributed by atoms with E-state index in [-0.39, 0.29) is 0 Å². The second-order valence-electron chi connectivity index (χ2n) is 4.05. The molecule has 2 unspecified atom stereocenters. The molecule has 74 valence electrons. The summed E-state index contributed by atoms with van der Waals surface area (Å²) < 4.78 is 0. The number of rotatable bonds is 1. The van der Waals surface area contributed by atoms with Crippen LogP contribution in [0.3, 0.4) is 0 Å². The second kappa shape index (κ2) is 2.88. The van der Waals surface area contributed by atoms with Gasteiger partial charge >= 0.3 is 0 Å². The first kappa shape index (κ1) is 8.11. The highest BCUT2D eigenvalue weighted by molar-refractivity contribution is 5.62. The maximum atomic E-state index is 4.23. The lowest BCUT2D eigenvalue weighted by molar-refractivity contribution is 0.572. The predicted molar refractivity (Wildman–Crippen MR) is 51.3 cm³/mol. The van der Waals surface area contributed by atoms with E-state index in [9.17, 15) is 0 Å². The van der Waals surface area contributed by atoms with Crippen LogP contribution in [-0.4, -0.2) is 32.3 Å². The third-order valence-corrected chi connectivity index (χ3v) is 2.94. The molecule has 14 heavy (non-hydrogen) atoms. The van der Waals surface area contributed by atoms with Crippen LogP contribution in [0.1, 0.15) is 25.1 Å². The maximum Gasteiger partial charge on any atom is 0.200 e. The average Bonchev–Trinajstić information content (AvgIpc) is 2.73. The zero-order valence-corrected chi connectivity index (χ0v) is 8.14. The van der Waals surface area contributed by atoms with Crippen LogP contribution in [0, 0.1) is 0 Å². The quantitative estimate of drug-likeness (QED) is 0.685. The van der Waals surface area contributed by atoms with Gasteiger partial charge in [-0.1, -0.05) is 6.08 Å². The van der Waals surface area contributed by atoms with Crippen molar-refractivity contribution in [3.05, 3.63) is 11.9 Å². The minimum atomic E-state index is 0.535. The molecule has 2 aliphatic rings. The van der Waals surface area contributed by atoms with Crippen LogP contribution in [0.5, 0.6) is 0 Å². The molecule has 3 rings (SSSR count). The first-order valence-electron chi connectivity index (χ1n) is 5.02. The van der Waals surface area contributed by atoms with Gasteiger partial charge in [0.15, 0.2) is 0 Å². The summed E-state index contributed by atoms with van der Waals surface area (Å²) in [6.07, 6.45) is 5.81. The Morgan fingerprint density at radius 2 is 2.43 bits per heavy atom. The topological polar surface area (TPSA) is 55.6 Å². The minimum absolute atomic E-state index is 0.535. The van der Waals surface area contributed by atoms with Gasteiger partial charge in [-0.05, 0) is 30.0 Å². The average molecular weight is 191 g/mol. The van der Waals surface area contributed by atoms with Gasteiger partial charge in [0.2, 0.25) is 5.82 Å². The van der Waals surface area contributed by atoms with E-state index < -0.39 is 0 Å². The molecule has 0 saturated carbocycles. The largest absolute Gasteiger partial charge is 0.307 e. The number of hydrogen-bond donors (Lipinski definition) is 1. The maximum absolute atomic E-state index is 4.23. The summed E-state index contributed by atoms with van der Waals surface area (Å²) in [5, 5.41) is 15.7. The van der Waals surface area contributed by atoms with Crippen LogP contribution in [0.4, 0.5) is 0 Å². The summed E-state index contributed by atoms with van der Waals surface area (Å²) in [7, 11) is 1.80. The molecule has 3 heterocycles. The van der Waals surface area contributed by atoms with Crippen molar-refractivity contribution < 1.29 is 0 Å². The lowest BCUT2D eigenvalue weighted by Gasteiger charge is -2.18. The fraction of sp³-hybridized carbons (Fsp3) is 0.667. The van der Waals surface area contributed by atoms with Gasteiger partial charge in [-0.25, -0.2) is 0 Å². The molecule has 1 fully saturated rings. The van der Waals surface area contributed by atoms with E-state index in [0.29, 0.717) is 12.1 Å². The number of nitrogens with one attached hydrogen (secondary N) is 1. The Morgan fingerprint density at radius 3 is 3.14 bits per heavy atom. The lowest BCUT2D eigenvalue weighted by Crippen LogP contribution is -2.32. The lowest BCUT2D eigenvalue weighted by atomic mass is 10.0. The van der Waals surface area contributed by atoms with Crippen LogP contribution in [0.2, 0.25) is 0 Å². The predicted octanol–water partition coefficient (Wildman–Crippen LogP) is 0.118. The summed E-state index contributed by atoms with van der Waals surface area (Å²) in [6, 6.07) is 1.16. The fourth-order valence-electron chi connectivity index (χ4n) is 2.30. The number of aryl methyl sites for hydroxylation is 1. The normalized spacial score (nSPS) is 30.5. The molecule has 1 N–H and O–H groups in total. The Labute approximate surface area is 82.2 Å². The van der Waals surface area contributed by atoms with E-state index in [4.69, 9.17) is 0 Å². The zero-order chi connectivity index (χ0) is 9.54. The molecule has 5 heteroatoms. The van der Waals surface area contributed by atoms with Crippen LogP contribution in [-0.2, 0) is 7.05 Å². The third-order valence-electron chi connectivity index (χ3n) is 2.94. The van der Waals surface area contributed by atoms with E-state index in [1.807, 2.05) is 0 Å². The number of aromatic nitrogens is 4. The van der Waals surface area contributed by atoms with Crippen molar-refractivity contribution in [2.45, 2.75) is 31.3 Å². The first-order valence-corrected chi connectivity index (χ1v) is 5.02. The Kier molecular flexibility index (Phi) is 1.67. The van der Waals surface area contributed by atoms with E-state index >= 15 is 0 Å². The van der Waals surface area contributed by atoms with E-state index in [1.54, 1.807) is 7.05 Å². The van der Waals surface area contributed by atoms with Crippen molar-refractivity contribution in [3.63, 3.8) is 0 Å². The first-order chi connectivity index (χ1) is 6.81. The van der Waals surface area contributed by atoms with Crippen molar-refractivity contribution in [1.29, 1.82) is 0 Å². The highest BCUT2D eigenvalue weighted by Gasteiger charge is 2.29. The van der Waals surface area contributed by atoms with Gasteiger partial charge in [-0.2, -0.15) is 4.80 Å². The van der Waals surface area contributed by atoms with Gasteiger partial charge < -0.3 is 5.32 Å². The summed E-state index contributed by atoms with van der Waals surface area (Å²) in [5.41, 5.74) is 1.25. The molecule has 0 amide bonds. The minimum Gasteiger partial charge on any atom is -0.307 e. The Balaban J connectivity index is 1.92. The molecule has 2 bridgehead atoms. The molecule has 1 aromatic heterocycles. The third kappa shape index (κ3) is 1.24. The summed E-state index contributed by atoms with van der Waals surface area (Å²) in [6.45, 7) is 0. The van der Waals surface area contributed by atoms with Crippen LogP contribution in [0.15, 0.2) is 6.08 Å². The van der Waals surface area contributed by atoms with Gasteiger partial charge in [-0.15, -0.1) is 10.2 Å². The standard InChI is InChI=1S/C9H13N5/c1-14-12-9(11-13-14)6-4-7-2-3-8(5-6)10-7/h4,7-8,10H,2-3,5H2,1H3. The molecule has 0 aromatic carbocycles. The SMILES string of the molecule is Cn1nnc(C2=CC3CCC(C2)N3)n1.